The second kappa shape index (κ2) is 7.20. The van der Waals surface area contributed by atoms with Gasteiger partial charge in [0.2, 0.25) is 0 Å². The Morgan fingerprint density at radius 2 is 1.36 bits per heavy atom. The van der Waals surface area contributed by atoms with Gasteiger partial charge >= 0.3 is 20.1 Å². The summed E-state index contributed by atoms with van der Waals surface area (Å²) < 4.78 is 93.2. The summed E-state index contributed by atoms with van der Waals surface area (Å²) in [5.74, 6) is 0. The zero-order valence-electron chi connectivity index (χ0n) is 10.5. The van der Waals surface area contributed by atoms with Crippen LogP contribution in [0.4, 0.5) is 32.0 Å². The van der Waals surface area contributed by atoms with Gasteiger partial charge in [0.25, 0.3) is 0 Å². The summed E-state index contributed by atoms with van der Waals surface area (Å²) in [5.41, 5.74) is -0.0316. The van der Waals surface area contributed by atoms with Crippen molar-refractivity contribution in [3.05, 3.63) is 28.7 Å². The van der Waals surface area contributed by atoms with E-state index in [2.05, 4.69) is 25.0 Å². The molecule has 126 valence electrons. The Kier molecular flexibility index (Phi) is 6.31. The molecule has 0 aliphatic carbocycles. The second-order valence-corrected chi connectivity index (χ2v) is 6.54. The van der Waals surface area contributed by atoms with Crippen LogP contribution in [0.5, 0.6) is 0 Å². The van der Waals surface area contributed by atoms with E-state index in [0.717, 1.165) is 0 Å². The van der Waals surface area contributed by atoms with Gasteiger partial charge in [0.15, 0.2) is 13.2 Å². The van der Waals surface area contributed by atoms with E-state index in [-0.39, 0.29) is 5.69 Å². The largest absolute Gasteiger partial charge is 0.433 e. The molecule has 1 aromatic carbocycles. The normalized spacial score (nSPS) is 13.2. The molecule has 0 aromatic heterocycles. The van der Waals surface area contributed by atoms with Crippen molar-refractivity contribution in [1.82, 2.24) is 0 Å². The van der Waals surface area contributed by atoms with Crippen LogP contribution in [-0.2, 0) is 13.6 Å². The number of benzene rings is 1. The SMILES string of the molecule is O=P(Nc1ccc(Br)cc1)(OCC(F)(F)F)OCC(F)(F)F. The van der Waals surface area contributed by atoms with Crippen molar-refractivity contribution in [1.29, 1.82) is 0 Å². The van der Waals surface area contributed by atoms with Crippen molar-refractivity contribution in [3.8, 4) is 0 Å². The van der Waals surface area contributed by atoms with Crippen LogP contribution in [0, 0.1) is 0 Å². The molecule has 0 atom stereocenters. The van der Waals surface area contributed by atoms with Gasteiger partial charge in [0, 0.05) is 10.2 Å². The van der Waals surface area contributed by atoms with Crippen molar-refractivity contribution in [2.24, 2.45) is 0 Å². The van der Waals surface area contributed by atoms with Crippen molar-refractivity contribution >= 4 is 29.4 Å². The Hall–Kier alpha value is -0.770. The second-order valence-electron chi connectivity index (χ2n) is 3.89. The van der Waals surface area contributed by atoms with E-state index in [4.69, 9.17) is 0 Å². The van der Waals surface area contributed by atoms with E-state index < -0.39 is 33.3 Å². The molecule has 0 bridgehead atoms. The summed E-state index contributed by atoms with van der Waals surface area (Å²) in [4.78, 5) is 0. The van der Waals surface area contributed by atoms with Crippen LogP contribution in [0.15, 0.2) is 28.7 Å². The van der Waals surface area contributed by atoms with Gasteiger partial charge in [-0.3, -0.25) is 14.1 Å². The number of halogens is 7. The summed E-state index contributed by atoms with van der Waals surface area (Å²) in [5, 5.41) is 1.92. The Labute approximate surface area is 129 Å². The summed E-state index contributed by atoms with van der Waals surface area (Å²) in [6.07, 6.45) is -9.75. The summed E-state index contributed by atoms with van der Waals surface area (Å²) in [7, 11) is -4.85. The highest BCUT2D eigenvalue weighted by Crippen LogP contribution is 2.50. The van der Waals surface area contributed by atoms with Crippen LogP contribution in [0.3, 0.4) is 0 Å². The van der Waals surface area contributed by atoms with Crippen LogP contribution in [0.1, 0.15) is 0 Å². The molecule has 1 rings (SSSR count). The van der Waals surface area contributed by atoms with Gasteiger partial charge in [0.05, 0.1) is 0 Å². The fourth-order valence-corrected chi connectivity index (χ4v) is 2.67. The lowest BCUT2D eigenvalue weighted by atomic mass is 10.3. The quantitative estimate of drug-likeness (QED) is 0.517. The minimum atomic E-state index is -4.88. The lowest BCUT2D eigenvalue weighted by Crippen LogP contribution is -2.22. The van der Waals surface area contributed by atoms with Gasteiger partial charge in [0.1, 0.15) is 0 Å². The van der Waals surface area contributed by atoms with Gasteiger partial charge in [-0.05, 0) is 24.3 Å². The van der Waals surface area contributed by atoms with Gasteiger partial charge in [-0.2, -0.15) is 26.3 Å². The molecule has 4 nitrogen and oxygen atoms in total. The maximum absolute atomic E-state index is 12.1. The monoisotopic (exact) mass is 415 g/mol. The predicted octanol–water partition coefficient (Wildman–Crippen LogP) is 5.13. The molecule has 12 heteroatoms. The topological polar surface area (TPSA) is 47.6 Å². The number of anilines is 1. The van der Waals surface area contributed by atoms with Crippen LogP contribution < -0.4 is 5.09 Å². The molecule has 0 saturated carbocycles. The first-order valence-electron chi connectivity index (χ1n) is 5.45. The molecule has 0 spiro atoms. The van der Waals surface area contributed by atoms with Crippen LogP contribution in [0.2, 0.25) is 0 Å². The standard InChI is InChI=1S/C10H9BrF6NO3P/c11-7-1-3-8(4-2-7)18-22(19,20-5-9(12,13)14)21-6-10(15,16)17/h1-4H,5-6H2,(H,18,19). The molecule has 0 radical (unpaired) electrons. The van der Waals surface area contributed by atoms with Crippen LogP contribution in [0.25, 0.3) is 0 Å². The molecule has 0 aliphatic heterocycles. The minimum Gasteiger partial charge on any atom is -0.293 e. The number of hydrogen-bond acceptors (Lipinski definition) is 3. The maximum atomic E-state index is 12.1. The van der Waals surface area contributed by atoms with Gasteiger partial charge in [-0.1, -0.05) is 15.9 Å². The lowest BCUT2D eigenvalue weighted by Gasteiger charge is -2.21. The van der Waals surface area contributed by atoms with Gasteiger partial charge in [-0.25, -0.2) is 4.57 Å². The van der Waals surface area contributed by atoms with E-state index in [0.29, 0.717) is 4.47 Å². The predicted molar refractivity (Wildman–Crippen MR) is 69.4 cm³/mol. The van der Waals surface area contributed by atoms with Crippen LogP contribution >= 0.6 is 23.7 Å². The fourth-order valence-electron chi connectivity index (χ4n) is 1.10. The highest BCUT2D eigenvalue weighted by atomic mass is 79.9. The zero-order chi connectivity index (χ0) is 17.0. The van der Waals surface area contributed by atoms with E-state index in [9.17, 15) is 30.9 Å². The average molecular weight is 416 g/mol. The molecule has 0 amide bonds. The first kappa shape index (κ1) is 19.3. The number of hydrogen-bond donors (Lipinski definition) is 1. The molecule has 0 aliphatic rings. The Morgan fingerprint density at radius 1 is 0.955 bits per heavy atom. The maximum Gasteiger partial charge on any atom is 0.433 e. The summed E-state index contributed by atoms with van der Waals surface area (Å²) >= 11 is 3.08. The number of alkyl halides is 6. The molecule has 0 heterocycles. The van der Waals surface area contributed by atoms with E-state index in [1.54, 1.807) is 0 Å². The molecule has 0 unspecified atom stereocenters. The highest BCUT2D eigenvalue weighted by molar-refractivity contribution is 9.10. The van der Waals surface area contributed by atoms with Crippen molar-refractivity contribution in [2.75, 3.05) is 18.3 Å². The average Bonchev–Trinajstić information content (AvgIpc) is 2.36. The Balaban J connectivity index is 2.84. The molecule has 0 saturated heterocycles. The molecule has 0 fully saturated rings. The van der Waals surface area contributed by atoms with E-state index in [1.807, 2.05) is 5.09 Å². The third kappa shape index (κ3) is 8.02. The summed E-state index contributed by atoms with van der Waals surface area (Å²) in [6, 6.07) is 5.40. The third-order valence-corrected chi connectivity index (χ3v) is 3.91. The minimum absolute atomic E-state index is 0.0316. The Bertz CT molecular complexity index is 511. The van der Waals surface area contributed by atoms with Crippen molar-refractivity contribution < 1.29 is 40.0 Å². The van der Waals surface area contributed by atoms with Gasteiger partial charge in [-0.15, -0.1) is 0 Å². The Morgan fingerprint density at radius 3 is 1.73 bits per heavy atom. The van der Waals surface area contributed by atoms with E-state index in [1.165, 1.54) is 24.3 Å². The third-order valence-electron chi connectivity index (χ3n) is 1.91. The summed E-state index contributed by atoms with van der Waals surface area (Å²) in [6.45, 7) is -4.04. The van der Waals surface area contributed by atoms with E-state index >= 15 is 0 Å². The first-order valence-corrected chi connectivity index (χ1v) is 7.79. The van der Waals surface area contributed by atoms with Crippen molar-refractivity contribution in [2.45, 2.75) is 12.4 Å². The van der Waals surface area contributed by atoms with Crippen LogP contribution in [-0.4, -0.2) is 25.6 Å². The first-order chi connectivity index (χ1) is 9.89. The smallest absolute Gasteiger partial charge is 0.293 e. The molecular formula is C10H9BrF6NO3P. The number of rotatable bonds is 6. The molecule has 1 aromatic rings. The van der Waals surface area contributed by atoms with Crippen molar-refractivity contribution in [3.63, 3.8) is 0 Å². The highest BCUT2D eigenvalue weighted by Gasteiger charge is 2.38. The zero-order valence-corrected chi connectivity index (χ0v) is 13.0. The van der Waals surface area contributed by atoms with Gasteiger partial charge < -0.3 is 0 Å². The number of nitrogens with one attached hydrogen (secondary N) is 1. The lowest BCUT2D eigenvalue weighted by molar-refractivity contribution is -0.165. The fraction of sp³-hybridized carbons (Fsp3) is 0.400. The molecule has 22 heavy (non-hydrogen) atoms. The molecule has 1 N–H and O–H groups in total. The molecular weight excluding hydrogens is 407 g/mol.